The van der Waals surface area contributed by atoms with Gasteiger partial charge in [-0.3, -0.25) is 0 Å². The van der Waals surface area contributed by atoms with Gasteiger partial charge in [0.1, 0.15) is 5.75 Å². The van der Waals surface area contributed by atoms with Crippen LogP contribution in [0.4, 0.5) is 17.1 Å². The van der Waals surface area contributed by atoms with E-state index in [9.17, 15) is 5.11 Å². The molecule has 4 heteroatoms. The molecule has 0 radical (unpaired) electrons. The van der Waals surface area contributed by atoms with Crippen molar-refractivity contribution in [1.29, 1.82) is 0 Å². The highest BCUT2D eigenvalue weighted by Crippen LogP contribution is 2.19. The van der Waals surface area contributed by atoms with Gasteiger partial charge in [0.05, 0.1) is 0 Å². The van der Waals surface area contributed by atoms with Crippen LogP contribution in [0.2, 0.25) is 0 Å². The number of phenols is 1. The number of nitrogens with two attached hydrogens (primary N) is 2. The summed E-state index contributed by atoms with van der Waals surface area (Å²) >= 11 is 0. The number of aromatic hydroxyl groups is 1. The van der Waals surface area contributed by atoms with Crippen LogP contribution in [0.5, 0.6) is 5.75 Å². The minimum Gasteiger partial charge on any atom is -0.508 e. The molecule has 0 heterocycles. The Balaban J connectivity index is 2.09. The summed E-state index contributed by atoms with van der Waals surface area (Å²) in [6, 6.07) is 12.3. The number of phenolic OH excluding ortho intramolecular Hbond substituents is 1. The number of hydrogen-bond donors (Lipinski definition) is 4. The van der Waals surface area contributed by atoms with Gasteiger partial charge in [-0.05, 0) is 35.9 Å². The van der Waals surface area contributed by atoms with Crippen molar-refractivity contribution in [3.05, 3.63) is 48.0 Å². The van der Waals surface area contributed by atoms with Crippen molar-refractivity contribution in [3.8, 4) is 5.75 Å². The maximum Gasteiger partial charge on any atom is 0.117 e. The Morgan fingerprint density at radius 2 is 1.88 bits per heavy atom. The van der Waals surface area contributed by atoms with E-state index < -0.39 is 0 Å². The van der Waals surface area contributed by atoms with Crippen LogP contribution in [-0.4, -0.2) is 5.11 Å². The minimum atomic E-state index is 0.232. The van der Waals surface area contributed by atoms with Crippen molar-refractivity contribution in [2.45, 2.75) is 6.54 Å². The highest BCUT2D eigenvalue weighted by atomic mass is 16.3. The Labute approximate surface area is 99.9 Å². The smallest absolute Gasteiger partial charge is 0.117 e. The summed E-state index contributed by atoms with van der Waals surface area (Å²) in [5.74, 6) is 0.232. The molecule has 0 atom stereocenters. The van der Waals surface area contributed by atoms with Gasteiger partial charge in [0.15, 0.2) is 0 Å². The Kier molecular flexibility index (Phi) is 3.05. The van der Waals surface area contributed by atoms with E-state index in [1.165, 1.54) is 0 Å². The average Bonchev–Trinajstić information content (AvgIpc) is 2.30. The molecule has 0 saturated carbocycles. The topological polar surface area (TPSA) is 84.3 Å². The van der Waals surface area contributed by atoms with Crippen LogP contribution in [0.25, 0.3) is 0 Å². The molecule has 2 aromatic carbocycles. The lowest BCUT2D eigenvalue weighted by atomic mass is 10.1. The van der Waals surface area contributed by atoms with Crippen molar-refractivity contribution >= 4 is 17.1 Å². The molecule has 17 heavy (non-hydrogen) atoms. The zero-order valence-corrected chi connectivity index (χ0v) is 9.35. The summed E-state index contributed by atoms with van der Waals surface area (Å²) in [5, 5.41) is 12.5. The normalized spacial score (nSPS) is 10.1. The first-order valence-corrected chi connectivity index (χ1v) is 5.32. The van der Waals surface area contributed by atoms with Crippen LogP contribution >= 0.6 is 0 Å². The lowest BCUT2D eigenvalue weighted by Crippen LogP contribution is -2.03. The molecule has 0 aliphatic carbocycles. The van der Waals surface area contributed by atoms with Crippen LogP contribution < -0.4 is 16.8 Å². The Hall–Kier alpha value is -2.36. The largest absolute Gasteiger partial charge is 0.508 e. The number of benzene rings is 2. The highest BCUT2D eigenvalue weighted by molar-refractivity contribution is 5.57. The molecule has 0 unspecified atom stereocenters. The Morgan fingerprint density at radius 1 is 1.06 bits per heavy atom. The van der Waals surface area contributed by atoms with E-state index in [0.717, 1.165) is 11.3 Å². The third-order valence-corrected chi connectivity index (χ3v) is 2.50. The highest BCUT2D eigenvalue weighted by Gasteiger charge is 2.00. The quantitative estimate of drug-likeness (QED) is 0.608. The van der Waals surface area contributed by atoms with Gasteiger partial charge in [0.25, 0.3) is 0 Å². The summed E-state index contributed by atoms with van der Waals surface area (Å²) in [5.41, 5.74) is 14.7. The lowest BCUT2D eigenvalue weighted by Gasteiger charge is -2.09. The van der Waals surface area contributed by atoms with Gasteiger partial charge in [-0.1, -0.05) is 6.07 Å². The fourth-order valence-electron chi connectivity index (χ4n) is 1.59. The van der Waals surface area contributed by atoms with Gasteiger partial charge in [0.2, 0.25) is 0 Å². The predicted molar refractivity (Wildman–Crippen MR) is 70.7 cm³/mol. The van der Waals surface area contributed by atoms with Crippen molar-refractivity contribution in [2.24, 2.45) is 0 Å². The number of anilines is 3. The van der Waals surface area contributed by atoms with Crippen LogP contribution in [-0.2, 0) is 6.54 Å². The van der Waals surface area contributed by atoms with Crippen LogP contribution in [0.15, 0.2) is 42.5 Å². The molecule has 2 aromatic rings. The van der Waals surface area contributed by atoms with Gasteiger partial charge >= 0.3 is 0 Å². The fraction of sp³-hybridized carbons (Fsp3) is 0.0769. The maximum atomic E-state index is 9.32. The first-order valence-electron chi connectivity index (χ1n) is 5.32. The first kappa shape index (κ1) is 11.1. The molecule has 0 spiro atoms. The van der Waals surface area contributed by atoms with Gasteiger partial charge < -0.3 is 21.9 Å². The molecule has 0 bridgehead atoms. The molecule has 2 rings (SSSR count). The van der Waals surface area contributed by atoms with Crippen LogP contribution in [0.3, 0.4) is 0 Å². The zero-order valence-electron chi connectivity index (χ0n) is 9.35. The van der Waals surface area contributed by atoms with Gasteiger partial charge in [-0.25, -0.2) is 0 Å². The van der Waals surface area contributed by atoms with E-state index in [4.69, 9.17) is 11.5 Å². The van der Waals surface area contributed by atoms with E-state index in [1.54, 1.807) is 30.3 Å². The minimum absolute atomic E-state index is 0.232. The monoisotopic (exact) mass is 229 g/mol. The second-order valence-corrected chi connectivity index (χ2v) is 3.86. The standard InChI is InChI=1S/C13H15N3O/c14-10-4-5-13(15)9(6-10)8-16-11-2-1-3-12(17)7-11/h1-7,16-17H,8,14-15H2. The van der Waals surface area contributed by atoms with Gasteiger partial charge in [-0.15, -0.1) is 0 Å². The summed E-state index contributed by atoms with van der Waals surface area (Å²) in [6.07, 6.45) is 0. The lowest BCUT2D eigenvalue weighted by molar-refractivity contribution is 0.475. The van der Waals surface area contributed by atoms with E-state index in [2.05, 4.69) is 5.32 Å². The number of nitrogens with one attached hydrogen (secondary N) is 1. The molecule has 0 fully saturated rings. The third kappa shape index (κ3) is 2.81. The Morgan fingerprint density at radius 3 is 2.65 bits per heavy atom. The van der Waals surface area contributed by atoms with E-state index in [1.807, 2.05) is 12.1 Å². The summed E-state index contributed by atoms with van der Waals surface area (Å²) in [7, 11) is 0. The molecular formula is C13H15N3O. The fourth-order valence-corrected chi connectivity index (χ4v) is 1.59. The van der Waals surface area contributed by atoms with E-state index in [0.29, 0.717) is 17.9 Å². The number of nitrogen functional groups attached to an aromatic ring is 2. The summed E-state index contributed by atoms with van der Waals surface area (Å²) < 4.78 is 0. The van der Waals surface area contributed by atoms with Crippen molar-refractivity contribution < 1.29 is 5.11 Å². The van der Waals surface area contributed by atoms with Crippen LogP contribution in [0, 0.1) is 0 Å². The second-order valence-electron chi connectivity index (χ2n) is 3.86. The molecule has 0 aliphatic heterocycles. The molecule has 4 nitrogen and oxygen atoms in total. The molecule has 0 aromatic heterocycles. The van der Waals surface area contributed by atoms with Gasteiger partial charge in [0, 0.05) is 29.7 Å². The molecule has 0 saturated heterocycles. The predicted octanol–water partition coefficient (Wildman–Crippen LogP) is 2.17. The van der Waals surface area contributed by atoms with Crippen molar-refractivity contribution in [3.63, 3.8) is 0 Å². The summed E-state index contributed by atoms with van der Waals surface area (Å²) in [4.78, 5) is 0. The zero-order chi connectivity index (χ0) is 12.3. The first-order chi connectivity index (χ1) is 8.15. The number of hydrogen-bond acceptors (Lipinski definition) is 4. The maximum absolute atomic E-state index is 9.32. The number of rotatable bonds is 3. The SMILES string of the molecule is Nc1ccc(N)c(CNc2cccc(O)c2)c1. The second kappa shape index (κ2) is 4.65. The third-order valence-electron chi connectivity index (χ3n) is 2.50. The van der Waals surface area contributed by atoms with E-state index in [-0.39, 0.29) is 5.75 Å². The molecule has 6 N–H and O–H groups in total. The van der Waals surface area contributed by atoms with Crippen molar-refractivity contribution in [1.82, 2.24) is 0 Å². The molecular weight excluding hydrogens is 214 g/mol. The Bertz CT molecular complexity index is 526. The molecule has 88 valence electrons. The van der Waals surface area contributed by atoms with Crippen molar-refractivity contribution in [2.75, 3.05) is 16.8 Å². The van der Waals surface area contributed by atoms with E-state index >= 15 is 0 Å². The van der Waals surface area contributed by atoms with Gasteiger partial charge in [-0.2, -0.15) is 0 Å². The van der Waals surface area contributed by atoms with Crippen LogP contribution in [0.1, 0.15) is 5.56 Å². The molecule has 0 amide bonds. The average molecular weight is 229 g/mol. The molecule has 0 aliphatic rings. The summed E-state index contributed by atoms with van der Waals surface area (Å²) in [6.45, 7) is 0.570.